The summed E-state index contributed by atoms with van der Waals surface area (Å²) in [5.74, 6) is 2.38. The van der Waals surface area contributed by atoms with Crippen LogP contribution in [0.1, 0.15) is 0 Å². The van der Waals surface area contributed by atoms with Gasteiger partial charge in [0, 0.05) is 17.2 Å². The highest BCUT2D eigenvalue weighted by Crippen LogP contribution is 2.04. The summed E-state index contributed by atoms with van der Waals surface area (Å²) in [6, 6.07) is 9.78. The quantitative estimate of drug-likeness (QED) is 0.344. The minimum absolute atomic E-state index is 0.463. The van der Waals surface area contributed by atoms with E-state index in [2.05, 4.69) is 16.9 Å². The second-order valence-electron chi connectivity index (χ2n) is 3.12. The summed E-state index contributed by atoms with van der Waals surface area (Å²) < 4.78 is 0. The molecule has 1 aromatic carbocycles. The van der Waals surface area contributed by atoms with Gasteiger partial charge in [-0.3, -0.25) is 4.99 Å². The Morgan fingerprint density at radius 2 is 2.19 bits per heavy atom. The summed E-state index contributed by atoms with van der Waals surface area (Å²) in [6.07, 6.45) is 1.89. The molecular weight excluding hydrogens is 218 g/mol. The van der Waals surface area contributed by atoms with Crippen LogP contribution in [0.25, 0.3) is 0 Å². The first-order chi connectivity index (χ1) is 7.83. The molecule has 0 atom stereocenters. The summed E-state index contributed by atoms with van der Waals surface area (Å²) in [6.45, 7) is 4.38. The monoisotopic (exact) mass is 235 g/mol. The number of rotatable bonds is 6. The van der Waals surface area contributed by atoms with E-state index in [4.69, 9.17) is 5.73 Å². The second kappa shape index (κ2) is 7.82. The lowest BCUT2D eigenvalue weighted by atomic mass is 10.3. The molecule has 0 fully saturated rings. The van der Waals surface area contributed by atoms with E-state index in [1.54, 1.807) is 11.8 Å². The molecule has 86 valence electrons. The van der Waals surface area contributed by atoms with Crippen LogP contribution < -0.4 is 11.1 Å². The number of hydrogen-bond donors (Lipinski definition) is 2. The number of thioether (sulfide) groups is 1. The minimum Gasteiger partial charge on any atom is -0.370 e. The Bertz CT molecular complexity index is 335. The topological polar surface area (TPSA) is 50.4 Å². The number of aliphatic imine (C=N–C) groups is 1. The average molecular weight is 235 g/mol. The summed E-state index contributed by atoms with van der Waals surface area (Å²) in [5, 5.41) is 3.03. The average Bonchev–Trinajstić information content (AvgIpc) is 2.30. The van der Waals surface area contributed by atoms with Crippen LogP contribution in [0.4, 0.5) is 5.69 Å². The van der Waals surface area contributed by atoms with Crippen LogP contribution in [0.3, 0.4) is 0 Å². The van der Waals surface area contributed by atoms with E-state index in [1.165, 1.54) is 0 Å². The summed E-state index contributed by atoms with van der Waals surface area (Å²) in [7, 11) is 0. The number of nitrogens with two attached hydrogens (primary N) is 1. The van der Waals surface area contributed by atoms with E-state index in [1.807, 2.05) is 36.4 Å². The molecule has 0 bridgehead atoms. The molecule has 1 aromatic rings. The van der Waals surface area contributed by atoms with Gasteiger partial charge in [0.15, 0.2) is 5.96 Å². The van der Waals surface area contributed by atoms with Crippen molar-refractivity contribution < 1.29 is 0 Å². The maximum absolute atomic E-state index is 5.73. The number of hydrogen-bond acceptors (Lipinski definition) is 2. The first kappa shape index (κ1) is 12.6. The van der Waals surface area contributed by atoms with Gasteiger partial charge in [-0.2, -0.15) is 11.8 Å². The summed E-state index contributed by atoms with van der Waals surface area (Å²) in [4.78, 5) is 4.22. The van der Waals surface area contributed by atoms with E-state index in [0.717, 1.165) is 23.7 Å². The molecule has 0 saturated heterocycles. The molecule has 0 heterocycles. The van der Waals surface area contributed by atoms with Crippen LogP contribution in [0.15, 0.2) is 48.0 Å². The van der Waals surface area contributed by atoms with Crippen LogP contribution in [0, 0.1) is 0 Å². The zero-order valence-corrected chi connectivity index (χ0v) is 10.0. The lowest BCUT2D eigenvalue weighted by molar-refractivity contribution is 1.13. The molecule has 0 aliphatic rings. The number of guanidine groups is 1. The Hall–Kier alpha value is -1.42. The van der Waals surface area contributed by atoms with Crippen molar-refractivity contribution in [2.45, 2.75) is 0 Å². The SMILES string of the molecule is C=CCSCCN=C(N)Nc1ccccc1. The first-order valence-corrected chi connectivity index (χ1v) is 6.29. The van der Waals surface area contributed by atoms with Crippen molar-refractivity contribution >= 4 is 23.4 Å². The molecular formula is C12H17N3S. The molecule has 0 aliphatic carbocycles. The normalized spacial score (nSPS) is 11.1. The predicted molar refractivity (Wildman–Crippen MR) is 74.1 cm³/mol. The van der Waals surface area contributed by atoms with Gasteiger partial charge in [-0.15, -0.1) is 6.58 Å². The molecule has 3 N–H and O–H groups in total. The van der Waals surface area contributed by atoms with Gasteiger partial charge in [-0.1, -0.05) is 24.3 Å². The van der Waals surface area contributed by atoms with Crippen LogP contribution in [0.2, 0.25) is 0 Å². The molecule has 16 heavy (non-hydrogen) atoms. The van der Waals surface area contributed by atoms with E-state index < -0.39 is 0 Å². The van der Waals surface area contributed by atoms with E-state index in [-0.39, 0.29) is 0 Å². The Kier molecular flexibility index (Phi) is 6.18. The number of para-hydroxylation sites is 1. The van der Waals surface area contributed by atoms with Crippen molar-refractivity contribution in [2.24, 2.45) is 10.7 Å². The number of nitrogens with zero attached hydrogens (tertiary/aromatic N) is 1. The Labute approximate surface area is 101 Å². The lowest BCUT2D eigenvalue weighted by Gasteiger charge is -2.04. The Morgan fingerprint density at radius 1 is 1.44 bits per heavy atom. The van der Waals surface area contributed by atoms with Crippen molar-refractivity contribution in [2.75, 3.05) is 23.4 Å². The second-order valence-corrected chi connectivity index (χ2v) is 4.27. The highest BCUT2D eigenvalue weighted by Gasteiger charge is 1.92. The fourth-order valence-corrected chi connectivity index (χ4v) is 1.66. The van der Waals surface area contributed by atoms with Crippen LogP contribution in [-0.4, -0.2) is 24.0 Å². The molecule has 0 spiro atoms. The summed E-state index contributed by atoms with van der Waals surface area (Å²) in [5.41, 5.74) is 6.69. The van der Waals surface area contributed by atoms with Gasteiger partial charge in [-0.25, -0.2) is 0 Å². The van der Waals surface area contributed by atoms with Crippen molar-refractivity contribution in [1.29, 1.82) is 0 Å². The molecule has 0 aromatic heterocycles. The molecule has 3 nitrogen and oxygen atoms in total. The summed E-state index contributed by atoms with van der Waals surface area (Å²) >= 11 is 1.79. The van der Waals surface area contributed by atoms with Gasteiger partial charge in [0.25, 0.3) is 0 Å². The highest BCUT2D eigenvalue weighted by molar-refractivity contribution is 7.99. The van der Waals surface area contributed by atoms with Gasteiger partial charge in [0.1, 0.15) is 0 Å². The minimum atomic E-state index is 0.463. The van der Waals surface area contributed by atoms with Gasteiger partial charge < -0.3 is 11.1 Å². The maximum Gasteiger partial charge on any atom is 0.193 e. The molecule has 0 amide bonds. The zero-order valence-electron chi connectivity index (χ0n) is 9.23. The molecule has 0 saturated carbocycles. The van der Waals surface area contributed by atoms with Crippen molar-refractivity contribution in [3.05, 3.63) is 43.0 Å². The zero-order chi connectivity index (χ0) is 11.6. The molecule has 4 heteroatoms. The third-order valence-corrected chi connectivity index (χ3v) is 2.74. The molecule has 0 aliphatic heterocycles. The third kappa shape index (κ3) is 5.46. The fraction of sp³-hybridized carbons (Fsp3) is 0.250. The van der Waals surface area contributed by atoms with Crippen LogP contribution in [-0.2, 0) is 0 Å². The number of anilines is 1. The van der Waals surface area contributed by atoms with Crippen molar-refractivity contribution in [3.8, 4) is 0 Å². The van der Waals surface area contributed by atoms with E-state index >= 15 is 0 Å². The predicted octanol–water partition coefficient (Wildman–Crippen LogP) is 2.33. The molecule has 0 radical (unpaired) electrons. The first-order valence-electron chi connectivity index (χ1n) is 5.13. The third-order valence-electron chi connectivity index (χ3n) is 1.80. The van der Waals surface area contributed by atoms with Gasteiger partial charge in [0.05, 0.1) is 6.54 Å². The number of benzene rings is 1. The Morgan fingerprint density at radius 3 is 2.88 bits per heavy atom. The fourth-order valence-electron chi connectivity index (χ4n) is 1.11. The van der Waals surface area contributed by atoms with Gasteiger partial charge in [-0.05, 0) is 12.1 Å². The standard InChI is InChI=1S/C12H17N3S/c1-2-9-16-10-8-14-12(13)15-11-6-4-3-5-7-11/h2-7H,1,8-10H2,(H3,13,14,15). The van der Waals surface area contributed by atoms with Gasteiger partial charge >= 0.3 is 0 Å². The maximum atomic E-state index is 5.73. The lowest BCUT2D eigenvalue weighted by Crippen LogP contribution is -2.23. The Balaban J connectivity index is 2.26. The molecule has 1 rings (SSSR count). The van der Waals surface area contributed by atoms with Crippen LogP contribution >= 0.6 is 11.8 Å². The van der Waals surface area contributed by atoms with Crippen LogP contribution in [0.5, 0.6) is 0 Å². The van der Waals surface area contributed by atoms with E-state index in [9.17, 15) is 0 Å². The van der Waals surface area contributed by atoms with Crippen molar-refractivity contribution in [3.63, 3.8) is 0 Å². The van der Waals surface area contributed by atoms with Crippen molar-refractivity contribution in [1.82, 2.24) is 0 Å². The number of nitrogens with one attached hydrogen (secondary N) is 1. The van der Waals surface area contributed by atoms with Gasteiger partial charge in [0.2, 0.25) is 0 Å². The smallest absolute Gasteiger partial charge is 0.193 e. The van der Waals surface area contributed by atoms with E-state index in [0.29, 0.717) is 5.96 Å². The highest BCUT2D eigenvalue weighted by atomic mass is 32.2. The largest absolute Gasteiger partial charge is 0.370 e. The molecule has 0 unspecified atom stereocenters.